The normalized spacial score (nSPS) is 23.9. The predicted octanol–water partition coefficient (Wildman–Crippen LogP) is 5.21. The molecule has 0 N–H and O–H groups in total. The van der Waals surface area contributed by atoms with E-state index in [9.17, 15) is 9.59 Å². The largest absolute Gasteiger partial charge is 0.444 e. The number of piperidine rings is 1. The van der Waals surface area contributed by atoms with Crippen LogP contribution in [0.2, 0.25) is 0 Å². The summed E-state index contributed by atoms with van der Waals surface area (Å²) in [4.78, 5) is 29.3. The van der Waals surface area contributed by atoms with Gasteiger partial charge in [0.25, 0.3) is 0 Å². The second-order valence-corrected chi connectivity index (χ2v) is 10.9. The van der Waals surface area contributed by atoms with Crippen LogP contribution in [0.5, 0.6) is 0 Å². The summed E-state index contributed by atoms with van der Waals surface area (Å²) in [5.74, 6) is 0. The maximum Gasteiger partial charge on any atom is 0.410 e. The van der Waals surface area contributed by atoms with Crippen molar-refractivity contribution < 1.29 is 19.1 Å². The van der Waals surface area contributed by atoms with Crippen molar-refractivity contribution in [3.8, 4) is 0 Å². The Bertz CT molecular complexity index is 918. The molecule has 0 saturated carbocycles. The first kappa shape index (κ1) is 25.4. The lowest BCUT2D eigenvalue weighted by atomic mass is 9.87. The number of rotatable bonds is 9. The summed E-state index contributed by atoms with van der Waals surface area (Å²) in [7, 11) is 0. The summed E-state index contributed by atoms with van der Waals surface area (Å²) in [6.45, 7) is 8.44. The molecular weight excluding hydrogens is 440 g/mol. The van der Waals surface area contributed by atoms with Crippen LogP contribution < -0.4 is 0 Å². The van der Waals surface area contributed by atoms with E-state index in [1.165, 1.54) is 11.1 Å². The molecule has 1 amide bonds. The highest BCUT2D eigenvalue weighted by molar-refractivity contribution is 5.71. The number of aldehydes is 1. The van der Waals surface area contributed by atoms with Gasteiger partial charge in [0, 0.05) is 44.6 Å². The van der Waals surface area contributed by atoms with E-state index in [0.717, 1.165) is 32.2 Å². The minimum atomic E-state index is -0.838. The van der Waals surface area contributed by atoms with Gasteiger partial charge >= 0.3 is 6.09 Å². The van der Waals surface area contributed by atoms with E-state index in [1.54, 1.807) is 0 Å². The average molecular weight is 479 g/mol. The van der Waals surface area contributed by atoms with Crippen LogP contribution in [0.1, 0.15) is 57.6 Å². The number of carbonyl (C=O) groups is 2. The monoisotopic (exact) mass is 478 g/mol. The lowest BCUT2D eigenvalue weighted by molar-refractivity contribution is -0.144. The van der Waals surface area contributed by atoms with Gasteiger partial charge in [-0.3, -0.25) is 4.90 Å². The number of nitrogens with zero attached hydrogens (tertiary/aromatic N) is 2. The number of ether oxygens (including phenoxy) is 2. The second kappa shape index (κ2) is 10.9. The van der Waals surface area contributed by atoms with Crippen molar-refractivity contribution in [2.75, 3.05) is 13.2 Å². The molecule has 0 spiro atoms. The van der Waals surface area contributed by atoms with Gasteiger partial charge in [-0.15, -0.1) is 0 Å². The summed E-state index contributed by atoms with van der Waals surface area (Å²) in [5.41, 5.74) is 1.12. The maximum absolute atomic E-state index is 12.8. The summed E-state index contributed by atoms with van der Waals surface area (Å²) >= 11 is 0. The van der Waals surface area contributed by atoms with E-state index in [1.807, 2.05) is 37.8 Å². The Balaban J connectivity index is 1.38. The molecule has 188 valence electrons. The molecule has 3 atom stereocenters. The van der Waals surface area contributed by atoms with Gasteiger partial charge in [-0.25, -0.2) is 4.79 Å². The van der Waals surface area contributed by atoms with E-state index < -0.39 is 11.2 Å². The van der Waals surface area contributed by atoms with Crippen LogP contribution in [-0.4, -0.2) is 58.6 Å². The first-order valence-corrected chi connectivity index (χ1v) is 12.7. The van der Waals surface area contributed by atoms with Crippen molar-refractivity contribution in [2.24, 2.45) is 0 Å². The van der Waals surface area contributed by atoms with Crippen molar-refractivity contribution in [3.05, 3.63) is 71.8 Å². The molecule has 0 radical (unpaired) electrons. The van der Waals surface area contributed by atoms with Gasteiger partial charge in [-0.1, -0.05) is 60.7 Å². The third-order valence-corrected chi connectivity index (χ3v) is 6.90. The molecule has 6 nitrogen and oxygen atoms in total. The van der Waals surface area contributed by atoms with E-state index in [2.05, 4.69) is 53.4 Å². The zero-order chi connectivity index (χ0) is 24.9. The number of amides is 1. The molecule has 2 saturated heterocycles. The first-order valence-electron chi connectivity index (χ1n) is 12.7. The molecule has 2 bridgehead atoms. The lowest BCUT2D eigenvalue weighted by Gasteiger charge is -2.43. The Morgan fingerprint density at radius 3 is 1.94 bits per heavy atom. The fourth-order valence-corrected chi connectivity index (χ4v) is 5.38. The van der Waals surface area contributed by atoms with Gasteiger partial charge in [0.05, 0.1) is 6.61 Å². The minimum Gasteiger partial charge on any atom is -0.444 e. The minimum absolute atomic E-state index is 0.0152. The van der Waals surface area contributed by atoms with E-state index in [-0.39, 0.29) is 18.2 Å². The third kappa shape index (κ3) is 6.71. The zero-order valence-corrected chi connectivity index (χ0v) is 21.2. The average Bonchev–Trinajstić information content (AvgIpc) is 3.11. The summed E-state index contributed by atoms with van der Waals surface area (Å²) in [6.07, 6.45) is 3.53. The molecule has 4 rings (SSSR count). The van der Waals surface area contributed by atoms with Crippen LogP contribution in [-0.2, 0) is 27.4 Å². The van der Waals surface area contributed by atoms with Crippen LogP contribution in [0, 0.1) is 0 Å². The summed E-state index contributed by atoms with van der Waals surface area (Å²) in [6, 6.07) is 20.8. The fraction of sp³-hybridized carbons (Fsp3) is 0.517. The van der Waals surface area contributed by atoms with Crippen molar-refractivity contribution in [2.45, 2.75) is 82.8 Å². The van der Waals surface area contributed by atoms with Crippen LogP contribution in [0.15, 0.2) is 60.7 Å². The molecular formula is C29H38N2O4. The van der Waals surface area contributed by atoms with Crippen molar-refractivity contribution in [3.63, 3.8) is 0 Å². The number of hydrogen-bond donors (Lipinski definition) is 0. The van der Waals surface area contributed by atoms with Crippen molar-refractivity contribution >= 4 is 12.4 Å². The fourth-order valence-electron chi connectivity index (χ4n) is 5.38. The summed E-state index contributed by atoms with van der Waals surface area (Å²) < 4.78 is 12.0. The summed E-state index contributed by atoms with van der Waals surface area (Å²) in [5, 5.41) is 0. The highest BCUT2D eigenvalue weighted by atomic mass is 16.6. The SMILES string of the molecule is CC(C)(C)OC(=O)N1[C@@H]2CC[C@H]1C[C@](C=O)(OCCN(Cc1ccccc1)Cc1ccccc1)C2. The molecule has 35 heavy (non-hydrogen) atoms. The van der Waals surface area contributed by atoms with Gasteiger partial charge in [0.1, 0.15) is 11.2 Å². The van der Waals surface area contributed by atoms with Gasteiger partial charge in [0.2, 0.25) is 0 Å². The molecule has 2 aromatic carbocycles. The number of fused-ring (bicyclic) bond motifs is 2. The third-order valence-electron chi connectivity index (χ3n) is 6.90. The van der Waals surface area contributed by atoms with Gasteiger partial charge in [-0.05, 0) is 44.7 Å². The maximum atomic E-state index is 12.8. The second-order valence-electron chi connectivity index (χ2n) is 10.9. The number of hydrogen-bond acceptors (Lipinski definition) is 5. The van der Waals surface area contributed by atoms with Crippen molar-refractivity contribution in [1.82, 2.24) is 9.80 Å². The predicted molar refractivity (Wildman–Crippen MR) is 136 cm³/mol. The van der Waals surface area contributed by atoms with E-state index >= 15 is 0 Å². The van der Waals surface area contributed by atoms with Gasteiger partial charge < -0.3 is 19.2 Å². The highest BCUT2D eigenvalue weighted by Gasteiger charge is 2.51. The number of carbonyl (C=O) groups excluding carboxylic acids is 2. The van der Waals surface area contributed by atoms with Crippen LogP contribution in [0.25, 0.3) is 0 Å². The molecule has 2 heterocycles. The highest BCUT2D eigenvalue weighted by Crippen LogP contribution is 2.42. The van der Waals surface area contributed by atoms with Gasteiger partial charge in [0.15, 0.2) is 6.29 Å². The quantitative estimate of drug-likeness (QED) is 0.464. The molecule has 0 aromatic heterocycles. The Labute approximate surface area is 209 Å². The lowest BCUT2D eigenvalue weighted by Crippen LogP contribution is -2.56. The van der Waals surface area contributed by atoms with Gasteiger partial charge in [-0.2, -0.15) is 0 Å². The Kier molecular flexibility index (Phi) is 7.92. The Morgan fingerprint density at radius 2 is 1.49 bits per heavy atom. The molecule has 0 aliphatic carbocycles. The van der Waals surface area contributed by atoms with Crippen LogP contribution >= 0.6 is 0 Å². The molecule has 2 fully saturated rings. The standard InChI is InChI=1S/C29H38N2O4/c1-28(2,3)35-27(33)31-25-14-15-26(31)19-29(18-25,22-32)34-17-16-30(20-23-10-6-4-7-11-23)21-24-12-8-5-9-13-24/h4-13,22,25-26H,14-21H2,1-3H3/t25-,26+,29-. The molecule has 0 unspecified atom stereocenters. The molecule has 2 aliphatic heterocycles. The van der Waals surface area contributed by atoms with Crippen LogP contribution in [0.4, 0.5) is 4.79 Å². The molecule has 2 aromatic rings. The van der Waals surface area contributed by atoms with E-state index in [0.29, 0.717) is 26.0 Å². The zero-order valence-electron chi connectivity index (χ0n) is 21.2. The first-order chi connectivity index (χ1) is 16.8. The Hall–Kier alpha value is -2.70. The van der Waals surface area contributed by atoms with E-state index in [4.69, 9.17) is 9.47 Å². The molecule has 6 heteroatoms. The number of benzene rings is 2. The smallest absolute Gasteiger partial charge is 0.410 e. The Morgan fingerprint density at radius 1 is 0.971 bits per heavy atom. The van der Waals surface area contributed by atoms with Crippen LogP contribution in [0.3, 0.4) is 0 Å². The molecule has 2 aliphatic rings. The van der Waals surface area contributed by atoms with Crippen molar-refractivity contribution in [1.29, 1.82) is 0 Å². The topological polar surface area (TPSA) is 59.1 Å².